The molecule has 0 bridgehead atoms. The Balaban J connectivity index is 2.08. The van der Waals surface area contributed by atoms with E-state index in [0.717, 1.165) is 5.69 Å². The summed E-state index contributed by atoms with van der Waals surface area (Å²) in [4.78, 5) is 0. The van der Waals surface area contributed by atoms with E-state index in [0.29, 0.717) is 16.1 Å². The maximum atomic E-state index is 6.03. The van der Waals surface area contributed by atoms with Crippen LogP contribution in [0.25, 0.3) is 0 Å². The fourth-order valence-corrected chi connectivity index (χ4v) is 2.27. The molecule has 0 spiro atoms. The van der Waals surface area contributed by atoms with Crippen LogP contribution in [0.3, 0.4) is 0 Å². The number of rotatable bonds is 2. The predicted molar refractivity (Wildman–Crippen MR) is 60.5 cm³/mol. The molecule has 1 fully saturated rings. The van der Waals surface area contributed by atoms with E-state index in [4.69, 9.17) is 23.2 Å². The molecule has 0 amide bonds. The summed E-state index contributed by atoms with van der Waals surface area (Å²) >= 11 is 11.8. The van der Waals surface area contributed by atoms with Gasteiger partial charge >= 0.3 is 0 Å². The summed E-state index contributed by atoms with van der Waals surface area (Å²) in [5, 5.41) is 5.93. The van der Waals surface area contributed by atoms with Crippen molar-refractivity contribution in [3.63, 3.8) is 0 Å². The van der Waals surface area contributed by atoms with Crippen LogP contribution >= 0.6 is 23.2 Å². The Morgan fingerprint density at radius 3 is 2.50 bits per heavy atom. The van der Waals surface area contributed by atoms with Gasteiger partial charge in [0.2, 0.25) is 0 Å². The highest BCUT2D eigenvalue weighted by atomic mass is 35.5. The maximum absolute atomic E-state index is 6.03. The molecular weight excluding hydrogens is 217 g/mol. The zero-order chi connectivity index (χ0) is 9.97. The highest BCUT2D eigenvalue weighted by Crippen LogP contribution is 2.29. The molecule has 14 heavy (non-hydrogen) atoms. The van der Waals surface area contributed by atoms with Crippen LogP contribution in [0.5, 0.6) is 0 Å². The summed E-state index contributed by atoms with van der Waals surface area (Å²) in [5.41, 5.74) is 0.878. The molecule has 0 heterocycles. The van der Waals surface area contributed by atoms with Crippen LogP contribution in [-0.4, -0.2) is 6.04 Å². The van der Waals surface area contributed by atoms with Crippen molar-refractivity contribution in [3.05, 3.63) is 28.2 Å². The quantitative estimate of drug-likeness (QED) is 0.722. The van der Waals surface area contributed by atoms with E-state index in [-0.39, 0.29) is 0 Å². The molecule has 1 radical (unpaired) electrons. The Hall–Kier alpha value is -0.400. The van der Waals surface area contributed by atoms with Gasteiger partial charge < -0.3 is 0 Å². The molecule has 1 aromatic rings. The summed E-state index contributed by atoms with van der Waals surface area (Å²) in [5.74, 6) is 0. The lowest BCUT2D eigenvalue weighted by molar-refractivity contribution is 0.604. The van der Waals surface area contributed by atoms with E-state index in [1.165, 1.54) is 25.7 Å². The first kappa shape index (κ1) is 10.1. The minimum Gasteiger partial charge on any atom is -0.280 e. The molecule has 0 saturated heterocycles. The topological polar surface area (TPSA) is 14.1 Å². The number of hydrogen-bond donors (Lipinski definition) is 0. The van der Waals surface area contributed by atoms with E-state index in [1.54, 1.807) is 6.07 Å². The molecule has 0 aliphatic heterocycles. The standard InChI is InChI=1S/C11H12Cl2N/c12-8-5-6-11(10(13)7-8)14-9-3-1-2-4-9/h5-7,9H,1-4H2. The molecule has 0 unspecified atom stereocenters. The van der Waals surface area contributed by atoms with E-state index >= 15 is 0 Å². The first-order valence-electron chi connectivity index (χ1n) is 4.91. The third-order valence-electron chi connectivity index (χ3n) is 2.56. The number of hydrogen-bond acceptors (Lipinski definition) is 0. The molecule has 1 aliphatic carbocycles. The first-order chi connectivity index (χ1) is 6.75. The normalized spacial score (nSPS) is 17.3. The highest BCUT2D eigenvalue weighted by molar-refractivity contribution is 6.36. The van der Waals surface area contributed by atoms with E-state index in [2.05, 4.69) is 5.32 Å². The van der Waals surface area contributed by atoms with E-state index in [9.17, 15) is 0 Å². The monoisotopic (exact) mass is 228 g/mol. The van der Waals surface area contributed by atoms with E-state index < -0.39 is 0 Å². The fraction of sp³-hybridized carbons (Fsp3) is 0.455. The molecule has 1 nitrogen and oxygen atoms in total. The van der Waals surface area contributed by atoms with Gasteiger partial charge in [0.1, 0.15) is 0 Å². The third kappa shape index (κ3) is 2.34. The molecule has 0 N–H and O–H groups in total. The molecule has 1 aliphatic rings. The summed E-state index contributed by atoms with van der Waals surface area (Å²) in [6, 6.07) is 5.94. The van der Waals surface area contributed by atoms with Crippen LogP contribution in [0.2, 0.25) is 10.0 Å². The predicted octanol–water partition coefficient (Wildman–Crippen LogP) is 4.17. The summed E-state index contributed by atoms with van der Waals surface area (Å²) < 4.78 is 0. The Labute approximate surface area is 94.4 Å². The second-order valence-corrected chi connectivity index (χ2v) is 4.51. The summed E-state index contributed by atoms with van der Waals surface area (Å²) in [6.07, 6.45) is 4.97. The van der Waals surface area contributed by atoms with Gasteiger partial charge in [-0.2, -0.15) is 0 Å². The molecule has 0 aromatic heterocycles. The molecule has 1 aromatic carbocycles. The molecule has 75 valence electrons. The molecule has 3 heteroatoms. The average Bonchev–Trinajstić information content (AvgIpc) is 2.62. The highest BCUT2D eigenvalue weighted by Gasteiger charge is 2.17. The average molecular weight is 229 g/mol. The van der Waals surface area contributed by atoms with Crippen LogP contribution < -0.4 is 5.32 Å². The van der Waals surface area contributed by atoms with Crippen molar-refractivity contribution in [1.82, 2.24) is 5.32 Å². The van der Waals surface area contributed by atoms with Crippen LogP contribution in [-0.2, 0) is 0 Å². The third-order valence-corrected chi connectivity index (χ3v) is 3.09. The Bertz CT molecular complexity index is 319. The fourth-order valence-electron chi connectivity index (χ4n) is 1.82. The van der Waals surface area contributed by atoms with Gasteiger partial charge in [0, 0.05) is 5.02 Å². The van der Waals surface area contributed by atoms with Gasteiger partial charge in [0.25, 0.3) is 0 Å². The second-order valence-electron chi connectivity index (χ2n) is 3.66. The molecular formula is C11H12Cl2N. The van der Waals surface area contributed by atoms with Crippen molar-refractivity contribution < 1.29 is 0 Å². The van der Waals surface area contributed by atoms with Crippen molar-refractivity contribution in [3.8, 4) is 0 Å². The Kier molecular flexibility index (Phi) is 3.19. The van der Waals surface area contributed by atoms with Crippen LogP contribution in [0.4, 0.5) is 5.69 Å². The Morgan fingerprint density at radius 1 is 1.14 bits per heavy atom. The van der Waals surface area contributed by atoms with Gasteiger partial charge in [-0.05, 0) is 31.0 Å². The van der Waals surface area contributed by atoms with Crippen LogP contribution in [0.1, 0.15) is 25.7 Å². The lowest BCUT2D eigenvalue weighted by Gasteiger charge is -2.11. The van der Waals surface area contributed by atoms with Crippen molar-refractivity contribution in [2.24, 2.45) is 0 Å². The molecule has 0 atom stereocenters. The van der Waals surface area contributed by atoms with E-state index in [1.807, 2.05) is 12.1 Å². The number of benzene rings is 1. The van der Waals surface area contributed by atoms with Gasteiger partial charge in [-0.1, -0.05) is 36.0 Å². The summed E-state index contributed by atoms with van der Waals surface area (Å²) in [6.45, 7) is 0. The van der Waals surface area contributed by atoms with Crippen molar-refractivity contribution in [2.75, 3.05) is 0 Å². The summed E-state index contributed by atoms with van der Waals surface area (Å²) in [7, 11) is 0. The number of nitrogens with zero attached hydrogens (tertiary/aromatic N) is 1. The van der Waals surface area contributed by atoms with Gasteiger partial charge in [-0.25, -0.2) is 0 Å². The zero-order valence-corrected chi connectivity index (χ0v) is 9.35. The number of halogens is 2. The minimum atomic E-state index is 0.466. The van der Waals surface area contributed by atoms with Crippen molar-refractivity contribution >= 4 is 28.9 Å². The second kappa shape index (κ2) is 4.41. The largest absolute Gasteiger partial charge is 0.280 e. The maximum Gasteiger partial charge on any atom is 0.0764 e. The molecule has 1 saturated carbocycles. The minimum absolute atomic E-state index is 0.466. The van der Waals surface area contributed by atoms with Gasteiger partial charge in [0.05, 0.1) is 16.8 Å². The van der Waals surface area contributed by atoms with Crippen molar-refractivity contribution in [2.45, 2.75) is 31.7 Å². The van der Waals surface area contributed by atoms with Crippen LogP contribution in [0, 0.1) is 0 Å². The zero-order valence-electron chi connectivity index (χ0n) is 7.84. The van der Waals surface area contributed by atoms with Gasteiger partial charge in [-0.3, -0.25) is 5.32 Å². The molecule has 2 rings (SSSR count). The smallest absolute Gasteiger partial charge is 0.0764 e. The lowest BCUT2D eigenvalue weighted by Crippen LogP contribution is -2.13. The van der Waals surface area contributed by atoms with Crippen molar-refractivity contribution in [1.29, 1.82) is 0 Å². The van der Waals surface area contributed by atoms with Gasteiger partial charge in [-0.15, -0.1) is 0 Å². The lowest BCUT2D eigenvalue weighted by atomic mass is 10.2. The van der Waals surface area contributed by atoms with Gasteiger partial charge in [0.15, 0.2) is 0 Å². The Morgan fingerprint density at radius 2 is 1.86 bits per heavy atom. The first-order valence-corrected chi connectivity index (χ1v) is 5.67. The van der Waals surface area contributed by atoms with Crippen LogP contribution in [0.15, 0.2) is 18.2 Å². The SMILES string of the molecule is Clc1ccc([N]C2CCCC2)c(Cl)c1.